The highest BCUT2D eigenvalue weighted by Crippen LogP contribution is 2.18. The maximum absolute atomic E-state index is 12.4. The van der Waals surface area contributed by atoms with Gasteiger partial charge < -0.3 is 25.0 Å². The van der Waals surface area contributed by atoms with Crippen LogP contribution in [0, 0.1) is 5.92 Å². The smallest absolute Gasteiger partial charge is 0.408 e. The SMILES string of the molecule is CC(C)[C@H](NC(=O)OCc1ccccc1)C(=O)OCC(=O)N(C)CC(=O)NC1CC1. The molecule has 0 spiro atoms. The third kappa shape index (κ3) is 8.10. The lowest BCUT2D eigenvalue weighted by molar-refractivity contribution is -0.154. The second kappa shape index (κ2) is 11.2. The molecule has 0 aromatic heterocycles. The quantitative estimate of drug-likeness (QED) is 0.551. The number of rotatable bonds is 10. The van der Waals surface area contributed by atoms with E-state index in [0.29, 0.717) is 0 Å². The van der Waals surface area contributed by atoms with Gasteiger partial charge in [-0.25, -0.2) is 9.59 Å². The van der Waals surface area contributed by atoms with Crippen LogP contribution in [0.1, 0.15) is 32.3 Å². The molecule has 1 aromatic carbocycles. The Morgan fingerprint density at radius 1 is 1.10 bits per heavy atom. The zero-order chi connectivity index (χ0) is 22.1. The van der Waals surface area contributed by atoms with Gasteiger partial charge in [0, 0.05) is 13.1 Å². The van der Waals surface area contributed by atoms with Crippen LogP contribution in [0.25, 0.3) is 0 Å². The molecule has 3 amide bonds. The van der Waals surface area contributed by atoms with Gasteiger partial charge >= 0.3 is 12.1 Å². The van der Waals surface area contributed by atoms with E-state index in [4.69, 9.17) is 9.47 Å². The van der Waals surface area contributed by atoms with Gasteiger partial charge in [-0.05, 0) is 24.3 Å². The molecule has 0 aliphatic heterocycles. The summed E-state index contributed by atoms with van der Waals surface area (Å²) in [5.41, 5.74) is 0.815. The molecule has 1 aliphatic carbocycles. The summed E-state index contributed by atoms with van der Waals surface area (Å²) in [4.78, 5) is 49.5. The Labute approximate surface area is 176 Å². The van der Waals surface area contributed by atoms with Gasteiger partial charge in [0.05, 0.1) is 6.54 Å². The van der Waals surface area contributed by atoms with Gasteiger partial charge in [-0.3, -0.25) is 9.59 Å². The number of likely N-dealkylation sites (N-methyl/N-ethyl adjacent to an activating group) is 1. The number of hydrogen-bond acceptors (Lipinski definition) is 6. The Balaban J connectivity index is 1.75. The number of hydrogen-bond donors (Lipinski definition) is 2. The summed E-state index contributed by atoms with van der Waals surface area (Å²) in [5.74, 6) is -1.78. The molecule has 0 heterocycles. The second-order valence-electron chi connectivity index (χ2n) is 7.63. The Morgan fingerprint density at radius 2 is 1.77 bits per heavy atom. The lowest BCUT2D eigenvalue weighted by Gasteiger charge is -2.21. The van der Waals surface area contributed by atoms with E-state index in [1.807, 2.05) is 30.3 Å². The number of carbonyl (C=O) groups is 4. The predicted octanol–water partition coefficient (Wildman–Crippen LogP) is 1.22. The summed E-state index contributed by atoms with van der Waals surface area (Å²) in [6.07, 6.45) is 1.16. The van der Waals surface area contributed by atoms with Crippen molar-refractivity contribution in [1.29, 1.82) is 0 Å². The van der Waals surface area contributed by atoms with Gasteiger partial charge in [0.1, 0.15) is 12.6 Å². The van der Waals surface area contributed by atoms with Crippen molar-refractivity contribution in [1.82, 2.24) is 15.5 Å². The third-order valence-corrected chi connectivity index (χ3v) is 4.49. The van der Waals surface area contributed by atoms with Crippen LogP contribution in [0.2, 0.25) is 0 Å². The Bertz CT molecular complexity index is 748. The molecule has 2 rings (SSSR count). The van der Waals surface area contributed by atoms with E-state index < -0.39 is 30.6 Å². The molecule has 1 fully saturated rings. The van der Waals surface area contributed by atoms with E-state index in [-0.39, 0.29) is 31.0 Å². The van der Waals surface area contributed by atoms with E-state index in [2.05, 4.69) is 10.6 Å². The molecule has 0 radical (unpaired) electrons. The van der Waals surface area contributed by atoms with Crippen LogP contribution in [0.3, 0.4) is 0 Å². The maximum atomic E-state index is 12.4. The number of esters is 1. The van der Waals surface area contributed by atoms with Crippen molar-refractivity contribution in [3.8, 4) is 0 Å². The minimum absolute atomic E-state index is 0.0682. The van der Waals surface area contributed by atoms with Crippen LogP contribution in [0.15, 0.2) is 30.3 Å². The molecular formula is C21H29N3O6. The summed E-state index contributed by atoms with van der Waals surface area (Å²) in [6, 6.07) is 8.38. The molecule has 1 aromatic rings. The lowest BCUT2D eigenvalue weighted by Crippen LogP contribution is -2.46. The van der Waals surface area contributed by atoms with Crippen LogP contribution in [0.4, 0.5) is 4.79 Å². The molecule has 164 valence electrons. The van der Waals surface area contributed by atoms with Gasteiger partial charge in [0.25, 0.3) is 5.91 Å². The monoisotopic (exact) mass is 419 g/mol. The number of alkyl carbamates (subject to hydrolysis) is 1. The van der Waals surface area contributed by atoms with Gasteiger partial charge in [-0.1, -0.05) is 44.2 Å². The normalized spacial score (nSPS) is 13.9. The molecule has 0 bridgehead atoms. The van der Waals surface area contributed by atoms with E-state index in [9.17, 15) is 19.2 Å². The van der Waals surface area contributed by atoms with Crippen LogP contribution < -0.4 is 10.6 Å². The molecule has 0 saturated heterocycles. The number of carbonyl (C=O) groups excluding carboxylic acids is 4. The van der Waals surface area contributed by atoms with Crippen molar-refractivity contribution < 1.29 is 28.7 Å². The molecule has 9 heteroatoms. The second-order valence-corrected chi connectivity index (χ2v) is 7.63. The van der Waals surface area contributed by atoms with Crippen molar-refractivity contribution >= 4 is 23.9 Å². The molecule has 1 atom stereocenters. The largest absolute Gasteiger partial charge is 0.454 e. The Morgan fingerprint density at radius 3 is 2.37 bits per heavy atom. The van der Waals surface area contributed by atoms with E-state index in [1.165, 1.54) is 11.9 Å². The summed E-state index contributed by atoms with van der Waals surface area (Å²) in [7, 11) is 1.46. The Hall–Kier alpha value is -3.10. The number of nitrogens with zero attached hydrogens (tertiary/aromatic N) is 1. The fourth-order valence-corrected chi connectivity index (χ4v) is 2.53. The highest BCUT2D eigenvalue weighted by Gasteiger charge is 2.28. The van der Waals surface area contributed by atoms with Gasteiger partial charge in [-0.2, -0.15) is 0 Å². The first kappa shape index (κ1) is 23.2. The Kier molecular flexibility index (Phi) is 8.64. The van der Waals surface area contributed by atoms with Gasteiger partial charge in [-0.15, -0.1) is 0 Å². The minimum Gasteiger partial charge on any atom is -0.454 e. The number of nitrogens with one attached hydrogen (secondary N) is 2. The van der Waals surface area contributed by atoms with Crippen LogP contribution in [-0.4, -0.2) is 61.1 Å². The number of ether oxygens (including phenoxy) is 2. The molecular weight excluding hydrogens is 390 g/mol. The summed E-state index contributed by atoms with van der Waals surface area (Å²) in [6.45, 7) is 2.92. The zero-order valence-electron chi connectivity index (χ0n) is 17.6. The molecule has 30 heavy (non-hydrogen) atoms. The fourth-order valence-electron chi connectivity index (χ4n) is 2.53. The number of amides is 3. The van der Waals surface area contributed by atoms with Crippen molar-refractivity contribution in [2.45, 2.75) is 45.4 Å². The first-order chi connectivity index (χ1) is 14.3. The van der Waals surface area contributed by atoms with Crippen molar-refractivity contribution in [2.75, 3.05) is 20.2 Å². The molecule has 2 N–H and O–H groups in total. The predicted molar refractivity (Wildman–Crippen MR) is 108 cm³/mol. The van der Waals surface area contributed by atoms with Crippen molar-refractivity contribution in [3.63, 3.8) is 0 Å². The highest BCUT2D eigenvalue weighted by molar-refractivity contribution is 5.87. The topological polar surface area (TPSA) is 114 Å². The van der Waals surface area contributed by atoms with E-state index in [1.54, 1.807) is 13.8 Å². The van der Waals surface area contributed by atoms with Crippen LogP contribution in [-0.2, 0) is 30.5 Å². The summed E-state index contributed by atoms with van der Waals surface area (Å²) in [5, 5.41) is 5.26. The summed E-state index contributed by atoms with van der Waals surface area (Å²) < 4.78 is 10.2. The molecule has 1 aliphatic rings. The number of benzene rings is 1. The average Bonchev–Trinajstić information content (AvgIpc) is 3.52. The first-order valence-electron chi connectivity index (χ1n) is 9.93. The van der Waals surface area contributed by atoms with E-state index >= 15 is 0 Å². The fraction of sp³-hybridized carbons (Fsp3) is 0.524. The highest BCUT2D eigenvalue weighted by atomic mass is 16.6. The van der Waals surface area contributed by atoms with Crippen LogP contribution >= 0.6 is 0 Å². The van der Waals surface area contributed by atoms with Gasteiger partial charge in [0.2, 0.25) is 5.91 Å². The molecule has 1 saturated carbocycles. The van der Waals surface area contributed by atoms with E-state index in [0.717, 1.165) is 18.4 Å². The summed E-state index contributed by atoms with van der Waals surface area (Å²) >= 11 is 0. The first-order valence-corrected chi connectivity index (χ1v) is 9.93. The maximum Gasteiger partial charge on any atom is 0.408 e. The minimum atomic E-state index is -0.968. The van der Waals surface area contributed by atoms with Crippen molar-refractivity contribution in [2.24, 2.45) is 5.92 Å². The molecule has 9 nitrogen and oxygen atoms in total. The average molecular weight is 419 g/mol. The zero-order valence-corrected chi connectivity index (χ0v) is 17.6. The van der Waals surface area contributed by atoms with Crippen LogP contribution in [0.5, 0.6) is 0 Å². The lowest BCUT2D eigenvalue weighted by atomic mass is 10.1. The van der Waals surface area contributed by atoms with Crippen molar-refractivity contribution in [3.05, 3.63) is 35.9 Å². The third-order valence-electron chi connectivity index (χ3n) is 4.49. The molecule has 0 unspecified atom stereocenters. The van der Waals surface area contributed by atoms with Gasteiger partial charge in [0.15, 0.2) is 6.61 Å². The standard InChI is InChI=1S/C21H29N3O6/c1-14(2)19(23-21(28)30-12-15-7-5-4-6-8-15)20(27)29-13-18(26)24(3)11-17(25)22-16-9-10-16/h4-8,14,16,19H,9-13H2,1-3H3,(H,22,25)(H,23,28)/t19-/m0/s1.